The SMILES string of the molecule is CC(C)(C)[C@@H](O)[C@@H](N)c1cc(Br)cc(C(F)(F)F)c1.Cl. The molecule has 1 rings (SSSR count). The number of nitrogens with two attached hydrogens (primary N) is 1. The molecule has 0 saturated heterocycles. The Morgan fingerprint density at radius 3 is 2.05 bits per heavy atom. The number of halogens is 5. The Balaban J connectivity index is 0.00000361. The molecular formula is C13H18BrClF3NO. The Bertz CT molecular complexity index is 460. The number of rotatable bonds is 2. The van der Waals surface area contributed by atoms with Gasteiger partial charge in [-0.3, -0.25) is 0 Å². The summed E-state index contributed by atoms with van der Waals surface area (Å²) in [6, 6.07) is 2.58. The highest BCUT2D eigenvalue weighted by molar-refractivity contribution is 9.10. The zero-order valence-electron chi connectivity index (χ0n) is 11.3. The van der Waals surface area contributed by atoms with Gasteiger partial charge >= 0.3 is 6.18 Å². The zero-order valence-corrected chi connectivity index (χ0v) is 13.7. The third kappa shape index (κ3) is 4.91. The molecule has 0 aliphatic heterocycles. The van der Waals surface area contributed by atoms with E-state index >= 15 is 0 Å². The minimum atomic E-state index is -4.44. The van der Waals surface area contributed by atoms with Crippen LogP contribution in [0, 0.1) is 5.41 Å². The number of aliphatic hydroxyl groups excluding tert-OH is 1. The fourth-order valence-corrected chi connectivity index (χ4v) is 2.20. The van der Waals surface area contributed by atoms with Crippen LogP contribution in [0.2, 0.25) is 0 Å². The van der Waals surface area contributed by atoms with Gasteiger partial charge in [-0.1, -0.05) is 36.7 Å². The van der Waals surface area contributed by atoms with Crippen molar-refractivity contribution >= 4 is 28.3 Å². The molecule has 2 atom stereocenters. The second-order valence-corrected chi connectivity index (χ2v) is 6.52. The normalized spacial score (nSPS) is 15.4. The summed E-state index contributed by atoms with van der Waals surface area (Å²) in [5.41, 5.74) is 4.82. The van der Waals surface area contributed by atoms with E-state index in [0.29, 0.717) is 0 Å². The Kier molecular flexibility index (Phi) is 6.54. The number of hydrogen-bond acceptors (Lipinski definition) is 2. The lowest BCUT2D eigenvalue weighted by atomic mass is 9.82. The van der Waals surface area contributed by atoms with Gasteiger partial charge in [-0.05, 0) is 29.2 Å². The predicted molar refractivity (Wildman–Crippen MR) is 78.8 cm³/mol. The van der Waals surface area contributed by atoms with E-state index in [1.807, 2.05) is 0 Å². The molecule has 0 radical (unpaired) electrons. The summed E-state index contributed by atoms with van der Waals surface area (Å²) in [4.78, 5) is 0. The fourth-order valence-electron chi connectivity index (χ4n) is 1.69. The van der Waals surface area contributed by atoms with Crippen molar-refractivity contribution in [1.29, 1.82) is 0 Å². The van der Waals surface area contributed by atoms with Crippen LogP contribution in [0.4, 0.5) is 13.2 Å². The van der Waals surface area contributed by atoms with Crippen molar-refractivity contribution in [2.45, 2.75) is 39.1 Å². The maximum absolute atomic E-state index is 12.7. The topological polar surface area (TPSA) is 46.2 Å². The number of benzene rings is 1. The van der Waals surface area contributed by atoms with Crippen molar-refractivity contribution in [2.75, 3.05) is 0 Å². The van der Waals surface area contributed by atoms with E-state index in [1.54, 1.807) is 20.8 Å². The average molecular weight is 377 g/mol. The quantitative estimate of drug-likeness (QED) is 0.808. The van der Waals surface area contributed by atoms with Crippen LogP contribution in [0.1, 0.15) is 37.9 Å². The van der Waals surface area contributed by atoms with Gasteiger partial charge in [0.15, 0.2) is 0 Å². The molecular weight excluding hydrogens is 358 g/mol. The highest BCUT2D eigenvalue weighted by Crippen LogP contribution is 2.35. The van der Waals surface area contributed by atoms with Crippen LogP contribution in [-0.4, -0.2) is 11.2 Å². The third-order valence-corrected chi connectivity index (χ3v) is 3.32. The molecule has 0 heterocycles. The smallest absolute Gasteiger partial charge is 0.391 e. The summed E-state index contributed by atoms with van der Waals surface area (Å²) < 4.78 is 38.5. The Labute approximate surface area is 131 Å². The van der Waals surface area contributed by atoms with Crippen LogP contribution in [0.25, 0.3) is 0 Å². The third-order valence-electron chi connectivity index (χ3n) is 2.86. The summed E-state index contributed by atoms with van der Waals surface area (Å²) in [6.45, 7) is 5.33. The van der Waals surface area contributed by atoms with Crippen molar-refractivity contribution in [3.05, 3.63) is 33.8 Å². The van der Waals surface area contributed by atoms with Gasteiger partial charge in [0.2, 0.25) is 0 Å². The van der Waals surface area contributed by atoms with E-state index < -0.39 is 29.3 Å². The van der Waals surface area contributed by atoms with Crippen LogP contribution >= 0.6 is 28.3 Å². The van der Waals surface area contributed by atoms with E-state index in [-0.39, 0.29) is 22.4 Å². The first kappa shape index (κ1) is 19.7. The largest absolute Gasteiger partial charge is 0.416 e. The zero-order chi connectivity index (χ0) is 15.0. The standard InChI is InChI=1S/C13H17BrF3NO.ClH/c1-12(2,3)11(19)10(18)7-4-8(13(15,16)17)6-9(14)5-7;/h4-6,10-11,19H,18H2,1-3H3;1H/t10-,11-;/m0./s1. The van der Waals surface area contributed by atoms with Crippen LogP contribution in [0.3, 0.4) is 0 Å². The van der Waals surface area contributed by atoms with Crippen molar-refractivity contribution in [3.8, 4) is 0 Å². The van der Waals surface area contributed by atoms with Crippen LogP contribution < -0.4 is 5.73 Å². The Morgan fingerprint density at radius 2 is 1.65 bits per heavy atom. The molecule has 7 heteroatoms. The Morgan fingerprint density at radius 1 is 1.15 bits per heavy atom. The fraction of sp³-hybridized carbons (Fsp3) is 0.538. The van der Waals surface area contributed by atoms with E-state index in [4.69, 9.17) is 5.73 Å². The van der Waals surface area contributed by atoms with E-state index in [1.165, 1.54) is 6.07 Å². The molecule has 20 heavy (non-hydrogen) atoms. The molecule has 0 bridgehead atoms. The summed E-state index contributed by atoms with van der Waals surface area (Å²) >= 11 is 3.04. The van der Waals surface area contributed by atoms with Crippen molar-refractivity contribution in [2.24, 2.45) is 11.1 Å². The van der Waals surface area contributed by atoms with Gasteiger partial charge in [-0.25, -0.2) is 0 Å². The minimum absolute atomic E-state index is 0. The lowest BCUT2D eigenvalue weighted by molar-refractivity contribution is -0.137. The van der Waals surface area contributed by atoms with Gasteiger partial charge in [-0.15, -0.1) is 12.4 Å². The van der Waals surface area contributed by atoms with Crippen molar-refractivity contribution < 1.29 is 18.3 Å². The molecule has 0 spiro atoms. The van der Waals surface area contributed by atoms with Gasteiger partial charge in [0.1, 0.15) is 0 Å². The monoisotopic (exact) mass is 375 g/mol. The molecule has 0 unspecified atom stereocenters. The lowest BCUT2D eigenvalue weighted by Gasteiger charge is -2.31. The van der Waals surface area contributed by atoms with E-state index in [2.05, 4.69) is 15.9 Å². The predicted octanol–water partition coefficient (Wildman–Crippen LogP) is 4.30. The Hall–Kier alpha value is -0.300. The van der Waals surface area contributed by atoms with E-state index in [0.717, 1.165) is 12.1 Å². The van der Waals surface area contributed by atoms with E-state index in [9.17, 15) is 18.3 Å². The maximum Gasteiger partial charge on any atom is 0.416 e. The number of alkyl halides is 3. The van der Waals surface area contributed by atoms with Crippen LogP contribution in [0.5, 0.6) is 0 Å². The molecule has 3 N–H and O–H groups in total. The molecule has 0 aromatic heterocycles. The summed E-state index contributed by atoms with van der Waals surface area (Å²) in [5.74, 6) is 0. The molecule has 1 aromatic rings. The first-order chi connectivity index (χ1) is 8.43. The van der Waals surface area contributed by atoms with Crippen LogP contribution in [-0.2, 0) is 6.18 Å². The molecule has 0 aliphatic carbocycles. The average Bonchev–Trinajstić information content (AvgIpc) is 2.23. The van der Waals surface area contributed by atoms with Gasteiger partial charge in [0, 0.05) is 4.47 Å². The molecule has 1 aromatic carbocycles. The summed E-state index contributed by atoms with van der Waals surface area (Å²) in [5, 5.41) is 10.1. The van der Waals surface area contributed by atoms with Gasteiger partial charge < -0.3 is 10.8 Å². The second kappa shape index (κ2) is 6.64. The first-order valence-electron chi connectivity index (χ1n) is 5.74. The molecule has 0 amide bonds. The summed E-state index contributed by atoms with van der Waals surface area (Å²) in [6.07, 6.45) is -5.38. The molecule has 116 valence electrons. The highest BCUT2D eigenvalue weighted by atomic mass is 79.9. The molecule has 2 nitrogen and oxygen atoms in total. The van der Waals surface area contributed by atoms with Crippen molar-refractivity contribution in [1.82, 2.24) is 0 Å². The molecule has 0 fully saturated rings. The molecule has 0 aliphatic rings. The lowest BCUT2D eigenvalue weighted by Crippen LogP contribution is -2.37. The maximum atomic E-state index is 12.7. The highest BCUT2D eigenvalue weighted by Gasteiger charge is 2.34. The van der Waals surface area contributed by atoms with Gasteiger partial charge in [0.05, 0.1) is 17.7 Å². The minimum Gasteiger partial charge on any atom is -0.391 e. The first-order valence-corrected chi connectivity index (χ1v) is 6.53. The van der Waals surface area contributed by atoms with Crippen molar-refractivity contribution in [3.63, 3.8) is 0 Å². The van der Waals surface area contributed by atoms with Crippen LogP contribution in [0.15, 0.2) is 22.7 Å². The van der Waals surface area contributed by atoms with Gasteiger partial charge in [0.25, 0.3) is 0 Å². The second-order valence-electron chi connectivity index (χ2n) is 5.61. The van der Waals surface area contributed by atoms with Gasteiger partial charge in [-0.2, -0.15) is 13.2 Å². The summed E-state index contributed by atoms with van der Waals surface area (Å²) in [7, 11) is 0. The molecule has 0 saturated carbocycles. The number of hydrogen-bond donors (Lipinski definition) is 2. The number of aliphatic hydroxyl groups is 1.